The van der Waals surface area contributed by atoms with E-state index in [2.05, 4.69) is 24.6 Å². The van der Waals surface area contributed by atoms with Crippen molar-refractivity contribution >= 4 is 36.7 Å². The topological polar surface area (TPSA) is 86.8 Å². The Bertz CT molecular complexity index is 1530. The van der Waals surface area contributed by atoms with Crippen LogP contribution in [0.15, 0.2) is 69.9 Å². The van der Waals surface area contributed by atoms with Crippen LogP contribution in [0, 0.1) is 0 Å². The van der Waals surface area contributed by atoms with Crippen molar-refractivity contribution in [2.24, 2.45) is 0 Å². The second-order valence-electron chi connectivity index (χ2n) is 10.6. The van der Waals surface area contributed by atoms with E-state index in [1.807, 2.05) is 36.4 Å². The summed E-state index contributed by atoms with van der Waals surface area (Å²) in [6.07, 6.45) is 0. The van der Waals surface area contributed by atoms with E-state index in [9.17, 15) is 9.59 Å². The second kappa shape index (κ2) is 10.8. The zero-order chi connectivity index (χ0) is 26.9. The van der Waals surface area contributed by atoms with Gasteiger partial charge < -0.3 is 18.8 Å². The minimum atomic E-state index is -1.24. The molecule has 0 N–H and O–H groups in total. The van der Waals surface area contributed by atoms with Crippen molar-refractivity contribution in [1.82, 2.24) is 14.5 Å². The summed E-state index contributed by atoms with van der Waals surface area (Å²) in [4.78, 5) is 31.9. The third-order valence-electron chi connectivity index (χ3n) is 6.57. The van der Waals surface area contributed by atoms with Gasteiger partial charge in [-0.2, -0.15) is 0 Å². The molecule has 0 radical (unpaired) electrons. The Hall–Kier alpha value is -3.40. The van der Waals surface area contributed by atoms with Crippen LogP contribution < -0.4 is 10.5 Å². The average Bonchev–Trinajstić information content (AvgIpc) is 3.33. The van der Waals surface area contributed by atoms with Crippen molar-refractivity contribution in [2.45, 2.75) is 45.0 Å². The summed E-state index contributed by atoms with van der Waals surface area (Å²) in [5, 5.41) is 0.339. The molecule has 0 bridgehead atoms. The van der Waals surface area contributed by atoms with Gasteiger partial charge in [-0.25, -0.2) is 14.3 Å². The van der Waals surface area contributed by atoms with Crippen LogP contribution in [0.5, 0.6) is 5.88 Å². The standard InChI is InChI=1S/C28H30ClN3O5Si/c1-38(2,3)14-13-35-18-32-22-15-19(11-12-24(22)37-28(32)34)16-31-23(17-36-26-10-6-9-25(29)30-26)20-7-4-5-8-21(20)27(31)33/h4-12,15,23H,13-14,16-18H2,1-3H3. The molecule has 38 heavy (non-hydrogen) atoms. The molecular weight excluding hydrogens is 522 g/mol. The van der Waals surface area contributed by atoms with Crippen LogP contribution in [0.25, 0.3) is 11.1 Å². The molecule has 0 spiro atoms. The molecule has 0 aliphatic carbocycles. The van der Waals surface area contributed by atoms with Gasteiger partial charge in [0.2, 0.25) is 5.88 Å². The van der Waals surface area contributed by atoms with Gasteiger partial charge in [-0.05, 0) is 41.4 Å². The van der Waals surface area contributed by atoms with Crippen LogP contribution in [0.3, 0.4) is 0 Å². The minimum absolute atomic E-state index is 0.0763. The van der Waals surface area contributed by atoms with Gasteiger partial charge >= 0.3 is 5.76 Å². The van der Waals surface area contributed by atoms with Gasteiger partial charge in [-0.3, -0.25) is 4.79 Å². The predicted molar refractivity (Wildman–Crippen MR) is 148 cm³/mol. The molecule has 5 rings (SSSR count). The van der Waals surface area contributed by atoms with E-state index in [-0.39, 0.29) is 25.3 Å². The number of rotatable bonds is 10. The van der Waals surface area contributed by atoms with Crippen molar-refractivity contribution in [1.29, 1.82) is 0 Å². The van der Waals surface area contributed by atoms with Crippen molar-refractivity contribution in [3.8, 4) is 5.88 Å². The van der Waals surface area contributed by atoms with Crippen molar-refractivity contribution in [3.05, 3.63) is 93.1 Å². The fourth-order valence-corrected chi connectivity index (χ4v) is 5.41. The lowest BCUT2D eigenvalue weighted by atomic mass is 10.1. The third kappa shape index (κ3) is 5.69. The summed E-state index contributed by atoms with van der Waals surface area (Å²) in [6.45, 7) is 8.11. The van der Waals surface area contributed by atoms with E-state index < -0.39 is 13.8 Å². The number of aromatic nitrogens is 2. The van der Waals surface area contributed by atoms with Crippen molar-refractivity contribution in [3.63, 3.8) is 0 Å². The molecule has 2 aromatic carbocycles. The van der Waals surface area contributed by atoms with E-state index in [1.165, 1.54) is 4.57 Å². The number of halogens is 1. The molecule has 4 aromatic rings. The van der Waals surface area contributed by atoms with Crippen molar-refractivity contribution < 1.29 is 18.7 Å². The maximum absolute atomic E-state index is 13.4. The van der Waals surface area contributed by atoms with Gasteiger partial charge in [0.15, 0.2) is 5.58 Å². The first-order valence-corrected chi connectivity index (χ1v) is 16.6. The van der Waals surface area contributed by atoms with E-state index in [4.69, 9.17) is 25.5 Å². The maximum Gasteiger partial charge on any atom is 0.421 e. The van der Waals surface area contributed by atoms with Gasteiger partial charge in [-0.15, -0.1) is 0 Å². The number of hydrogen-bond acceptors (Lipinski definition) is 6. The molecule has 1 atom stereocenters. The number of benzene rings is 2. The van der Waals surface area contributed by atoms with Crippen LogP contribution in [0.1, 0.15) is 27.5 Å². The quantitative estimate of drug-likeness (QED) is 0.142. The molecule has 1 aliphatic heterocycles. The molecular formula is C28H30ClN3O5Si. The highest BCUT2D eigenvalue weighted by molar-refractivity contribution is 6.76. The number of carbonyl (C=O) groups excluding carboxylic acids is 1. The summed E-state index contributed by atoms with van der Waals surface area (Å²) >= 11 is 6.01. The zero-order valence-electron chi connectivity index (χ0n) is 21.6. The number of carbonyl (C=O) groups is 1. The number of amides is 1. The van der Waals surface area contributed by atoms with Gasteiger partial charge in [0, 0.05) is 32.9 Å². The Balaban J connectivity index is 1.37. The fraction of sp³-hybridized carbons (Fsp3) is 0.321. The Morgan fingerprint density at radius 2 is 1.87 bits per heavy atom. The van der Waals surface area contributed by atoms with Gasteiger partial charge in [0.05, 0.1) is 11.6 Å². The van der Waals surface area contributed by atoms with Crippen LogP contribution in [-0.4, -0.2) is 41.6 Å². The number of pyridine rings is 1. The SMILES string of the molecule is C[Si](C)(C)CCOCn1c(=O)oc2ccc(CN3C(=O)c4ccccc4C3COc3cccc(Cl)n3)cc21. The van der Waals surface area contributed by atoms with E-state index in [1.54, 1.807) is 29.2 Å². The molecule has 1 amide bonds. The van der Waals surface area contributed by atoms with E-state index in [0.29, 0.717) is 40.8 Å². The van der Waals surface area contributed by atoms with Crippen molar-refractivity contribution in [2.75, 3.05) is 13.2 Å². The summed E-state index contributed by atoms with van der Waals surface area (Å²) < 4.78 is 18.7. The highest BCUT2D eigenvalue weighted by Crippen LogP contribution is 2.35. The van der Waals surface area contributed by atoms with Gasteiger partial charge in [0.25, 0.3) is 5.91 Å². The predicted octanol–water partition coefficient (Wildman–Crippen LogP) is 5.73. The number of oxazole rings is 1. The highest BCUT2D eigenvalue weighted by Gasteiger charge is 2.37. The molecule has 0 saturated heterocycles. The fourth-order valence-electron chi connectivity index (χ4n) is 4.50. The monoisotopic (exact) mass is 551 g/mol. The summed E-state index contributed by atoms with van der Waals surface area (Å²) in [6, 6.07) is 18.9. The Labute approximate surface area is 226 Å². The average molecular weight is 552 g/mol. The van der Waals surface area contributed by atoms with Crippen LogP contribution in [-0.2, 0) is 18.0 Å². The first-order chi connectivity index (χ1) is 18.2. The lowest BCUT2D eigenvalue weighted by molar-refractivity contribution is 0.0650. The first-order valence-electron chi connectivity index (χ1n) is 12.5. The second-order valence-corrected chi connectivity index (χ2v) is 16.6. The van der Waals surface area contributed by atoms with Gasteiger partial charge in [-0.1, -0.05) is 61.6 Å². The number of hydrogen-bond donors (Lipinski definition) is 0. The lowest BCUT2D eigenvalue weighted by Gasteiger charge is -2.25. The normalized spacial score (nSPS) is 15.3. The molecule has 0 fully saturated rings. The Morgan fingerprint density at radius 3 is 2.66 bits per heavy atom. The zero-order valence-corrected chi connectivity index (χ0v) is 23.4. The molecule has 3 heterocycles. The highest BCUT2D eigenvalue weighted by atomic mass is 35.5. The number of ether oxygens (including phenoxy) is 2. The largest absolute Gasteiger partial charge is 0.475 e. The molecule has 1 aliphatic rings. The molecule has 1 unspecified atom stereocenters. The molecule has 10 heteroatoms. The third-order valence-corrected chi connectivity index (χ3v) is 8.48. The summed E-state index contributed by atoms with van der Waals surface area (Å²) in [5.41, 5.74) is 3.53. The minimum Gasteiger partial charge on any atom is -0.475 e. The first kappa shape index (κ1) is 26.2. The van der Waals surface area contributed by atoms with Crippen LogP contribution in [0.2, 0.25) is 30.8 Å². The number of fused-ring (bicyclic) bond motifs is 2. The lowest BCUT2D eigenvalue weighted by Crippen LogP contribution is -2.31. The molecule has 2 aromatic heterocycles. The van der Waals surface area contributed by atoms with Gasteiger partial charge in [0.1, 0.15) is 18.5 Å². The van der Waals surface area contributed by atoms with E-state index in [0.717, 1.165) is 17.2 Å². The smallest absolute Gasteiger partial charge is 0.421 e. The van der Waals surface area contributed by atoms with E-state index >= 15 is 0 Å². The molecule has 8 nitrogen and oxygen atoms in total. The van der Waals surface area contributed by atoms with Crippen LogP contribution >= 0.6 is 11.6 Å². The molecule has 0 saturated carbocycles. The Morgan fingerprint density at radius 1 is 1.05 bits per heavy atom. The molecule has 198 valence electrons. The summed E-state index contributed by atoms with van der Waals surface area (Å²) in [7, 11) is -1.24. The van der Waals surface area contributed by atoms with Crippen LogP contribution in [0.4, 0.5) is 0 Å². The maximum atomic E-state index is 13.4. The number of nitrogens with zero attached hydrogens (tertiary/aromatic N) is 3. The summed E-state index contributed by atoms with van der Waals surface area (Å²) in [5.74, 6) is -0.144. The Kier molecular flexibility index (Phi) is 7.42.